The van der Waals surface area contributed by atoms with Crippen LogP contribution >= 0.6 is 0 Å². The van der Waals surface area contributed by atoms with E-state index in [9.17, 15) is 9.59 Å². The summed E-state index contributed by atoms with van der Waals surface area (Å²) in [5.74, 6) is -0.441. The fourth-order valence-corrected chi connectivity index (χ4v) is 1.22. The molecule has 0 atom stereocenters. The zero-order chi connectivity index (χ0) is 13.6. The first-order chi connectivity index (χ1) is 8.70. The van der Waals surface area contributed by atoms with Crippen molar-refractivity contribution in [2.75, 3.05) is 26.2 Å². The fraction of sp³-hybridized carbons (Fsp3) is 0.800. The van der Waals surface area contributed by atoms with Crippen LogP contribution < -0.4 is 10.6 Å². The normalized spacial score (nSPS) is 9.39. The molecule has 18 heavy (non-hydrogen) atoms. The minimum Gasteiger partial charge on any atom is -0.396 e. The number of aliphatic hydroxyl groups is 1. The van der Waals surface area contributed by atoms with Gasteiger partial charge in [0.25, 0.3) is 0 Å². The summed E-state index contributed by atoms with van der Waals surface area (Å²) in [6, 6.07) is 0. The zero-order valence-corrected chi connectivity index (χ0v) is 10.3. The standard InChI is InChI=1S/C10H19N5O3/c11-15-14-8-10(18)13-6-3-1-2-5-12-9(17)4-7-16/h16H,1-8H2,(H,12,17)(H,13,18). The van der Waals surface area contributed by atoms with Crippen molar-refractivity contribution < 1.29 is 14.7 Å². The van der Waals surface area contributed by atoms with Gasteiger partial charge in [0.05, 0.1) is 6.61 Å². The largest absolute Gasteiger partial charge is 0.396 e. The average molecular weight is 257 g/mol. The first kappa shape index (κ1) is 16.2. The van der Waals surface area contributed by atoms with E-state index in [2.05, 4.69) is 20.7 Å². The highest BCUT2D eigenvalue weighted by Gasteiger charge is 1.99. The number of carbonyl (C=O) groups excluding carboxylic acids is 2. The quantitative estimate of drug-likeness (QED) is 0.222. The lowest BCUT2D eigenvalue weighted by Gasteiger charge is -2.05. The third kappa shape index (κ3) is 10.7. The summed E-state index contributed by atoms with van der Waals surface area (Å²) in [4.78, 5) is 24.4. The van der Waals surface area contributed by atoms with Crippen LogP contribution in [0.4, 0.5) is 0 Å². The van der Waals surface area contributed by atoms with Crippen LogP contribution in [0.5, 0.6) is 0 Å². The lowest BCUT2D eigenvalue weighted by atomic mass is 10.2. The molecule has 0 aliphatic heterocycles. The molecular weight excluding hydrogens is 238 g/mol. The van der Waals surface area contributed by atoms with Gasteiger partial charge in [-0.1, -0.05) is 5.11 Å². The Hall–Kier alpha value is -1.79. The third-order valence-electron chi connectivity index (χ3n) is 2.11. The van der Waals surface area contributed by atoms with E-state index < -0.39 is 0 Å². The summed E-state index contributed by atoms with van der Waals surface area (Å²) in [6.07, 6.45) is 2.64. The molecule has 0 aliphatic carbocycles. The molecule has 0 radical (unpaired) electrons. The summed E-state index contributed by atoms with van der Waals surface area (Å²) in [7, 11) is 0. The fourth-order valence-electron chi connectivity index (χ4n) is 1.22. The maximum Gasteiger partial charge on any atom is 0.225 e. The Labute approximate surface area is 105 Å². The van der Waals surface area contributed by atoms with Crippen LogP contribution in [0, 0.1) is 0 Å². The average Bonchev–Trinajstić information content (AvgIpc) is 2.35. The molecule has 0 heterocycles. The molecule has 0 aliphatic rings. The van der Waals surface area contributed by atoms with Gasteiger partial charge in [-0.2, -0.15) is 0 Å². The van der Waals surface area contributed by atoms with Crippen LogP contribution in [0.15, 0.2) is 5.11 Å². The summed E-state index contributed by atoms with van der Waals surface area (Å²) in [5.41, 5.74) is 8.00. The second-order valence-corrected chi connectivity index (χ2v) is 3.62. The lowest BCUT2D eigenvalue weighted by Crippen LogP contribution is -2.27. The molecule has 0 spiro atoms. The van der Waals surface area contributed by atoms with E-state index >= 15 is 0 Å². The predicted molar refractivity (Wildman–Crippen MR) is 65.6 cm³/mol. The summed E-state index contributed by atoms with van der Waals surface area (Å²) in [5, 5.41) is 16.9. The minimum atomic E-state index is -0.288. The van der Waals surface area contributed by atoms with Gasteiger partial charge in [0.15, 0.2) is 0 Å². The van der Waals surface area contributed by atoms with Crippen LogP contribution in [0.3, 0.4) is 0 Å². The Balaban J connectivity index is 3.28. The predicted octanol–water partition coefficient (Wildman–Crippen LogP) is 0.0818. The molecule has 102 valence electrons. The molecule has 8 nitrogen and oxygen atoms in total. The Morgan fingerprint density at radius 2 is 1.72 bits per heavy atom. The van der Waals surface area contributed by atoms with Gasteiger partial charge in [0.1, 0.15) is 6.54 Å². The van der Waals surface area contributed by atoms with Crippen molar-refractivity contribution in [3.05, 3.63) is 10.4 Å². The van der Waals surface area contributed by atoms with E-state index in [1.165, 1.54) is 0 Å². The van der Waals surface area contributed by atoms with Gasteiger partial charge in [-0.3, -0.25) is 9.59 Å². The van der Waals surface area contributed by atoms with Crippen LogP contribution in [-0.2, 0) is 9.59 Å². The van der Waals surface area contributed by atoms with Crippen molar-refractivity contribution in [1.29, 1.82) is 0 Å². The first-order valence-corrected chi connectivity index (χ1v) is 5.85. The van der Waals surface area contributed by atoms with E-state index in [1.54, 1.807) is 0 Å². The monoisotopic (exact) mass is 257 g/mol. The molecular formula is C10H19N5O3. The van der Waals surface area contributed by atoms with E-state index in [-0.39, 0.29) is 31.4 Å². The lowest BCUT2D eigenvalue weighted by molar-refractivity contribution is -0.121. The molecule has 0 aromatic heterocycles. The van der Waals surface area contributed by atoms with Gasteiger partial charge in [0, 0.05) is 24.4 Å². The summed E-state index contributed by atoms with van der Waals surface area (Å²) in [6.45, 7) is 0.798. The molecule has 0 bridgehead atoms. The SMILES string of the molecule is [N-]=[N+]=NCC(=O)NCCCCCNC(=O)CCO. The Morgan fingerprint density at radius 1 is 1.11 bits per heavy atom. The molecule has 0 rings (SSSR count). The van der Waals surface area contributed by atoms with Gasteiger partial charge in [0.2, 0.25) is 11.8 Å². The number of azide groups is 1. The van der Waals surface area contributed by atoms with Crippen molar-refractivity contribution in [1.82, 2.24) is 10.6 Å². The highest BCUT2D eigenvalue weighted by atomic mass is 16.3. The molecule has 3 N–H and O–H groups in total. The first-order valence-electron chi connectivity index (χ1n) is 5.85. The number of unbranched alkanes of at least 4 members (excludes halogenated alkanes) is 2. The van der Waals surface area contributed by atoms with Crippen LogP contribution in [-0.4, -0.2) is 43.2 Å². The molecule has 0 aromatic rings. The molecule has 0 saturated heterocycles. The van der Waals surface area contributed by atoms with E-state index in [0.717, 1.165) is 19.3 Å². The summed E-state index contributed by atoms with van der Waals surface area (Å²) < 4.78 is 0. The number of nitrogens with zero attached hydrogens (tertiary/aromatic N) is 3. The van der Waals surface area contributed by atoms with Crippen molar-refractivity contribution in [3.8, 4) is 0 Å². The highest BCUT2D eigenvalue weighted by Crippen LogP contribution is 1.92. The van der Waals surface area contributed by atoms with Crippen molar-refractivity contribution >= 4 is 11.8 Å². The number of carbonyl (C=O) groups is 2. The number of hydrogen-bond donors (Lipinski definition) is 3. The Morgan fingerprint density at radius 3 is 2.28 bits per heavy atom. The Kier molecular flexibility index (Phi) is 10.5. The second-order valence-electron chi connectivity index (χ2n) is 3.62. The smallest absolute Gasteiger partial charge is 0.225 e. The summed E-state index contributed by atoms with van der Waals surface area (Å²) >= 11 is 0. The molecule has 2 amide bonds. The molecule has 0 aromatic carbocycles. The molecule has 0 saturated carbocycles. The number of nitrogens with one attached hydrogen (secondary N) is 2. The van der Waals surface area contributed by atoms with E-state index in [0.29, 0.717) is 13.1 Å². The third-order valence-corrected chi connectivity index (χ3v) is 2.11. The van der Waals surface area contributed by atoms with Gasteiger partial charge in [-0.25, -0.2) is 0 Å². The van der Waals surface area contributed by atoms with Crippen LogP contribution in [0.1, 0.15) is 25.7 Å². The Bertz CT molecular complexity index is 302. The van der Waals surface area contributed by atoms with Crippen LogP contribution in [0.2, 0.25) is 0 Å². The maximum atomic E-state index is 11.0. The second kappa shape index (κ2) is 11.7. The van der Waals surface area contributed by atoms with E-state index in [4.69, 9.17) is 10.6 Å². The number of rotatable bonds is 10. The van der Waals surface area contributed by atoms with Gasteiger partial charge < -0.3 is 15.7 Å². The molecule has 0 fully saturated rings. The minimum absolute atomic E-state index is 0.134. The van der Waals surface area contributed by atoms with E-state index in [1.807, 2.05) is 0 Å². The number of amides is 2. The van der Waals surface area contributed by atoms with Crippen LogP contribution in [0.25, 0.3) is 10.4 Å². The topological polar surface area (TPSA) is 127 Å². The number of hydrogen-bond acceptors (Lipinski definition) is 4. The van der Waals surface area contributed by atoms with Gasteiger partial charge in [-0.05, 0) is 24.8 Å². The zero-order valence-electron chi connectivity index (χ0n) is 10.3. The molecule has 0 unspecified atom stereocenters. The molecule has 8 heteroatoms. The number of aliphatic hydroxyl groups excluding tert-OH is 1. The van der Waals surface area contributed by atoms with Crippen molar-refractivity contribution in [2.45, 2.75) is 25.7 Å². The highest BCUT2D eigenvalue weighted by molar-refractivity contribution is 5.78. The van der Waals surface area contributed by atoms with Gasteiger partial charge >= 0.3 is 0 Å². The van der Waals surface area contributed by atoms with Gasteiger partial charge in [-0.15, -0.1) is 0 Å². The van der Waals surface area contributed by atoms with Crippen molar-refractivity contribution in [3.63, 3.8) is 0 Å². The maximum absolute atomic E-state index is 11.0. The van der Waals surface area contributed by atoms with Crippen molar-refractivity contribution in [2.24, 2.45) is 5.11 Å².